The number of ether oxygens (including phenoxy) is 1. The fraction of sp³-hybridized carbons (Fsp3) is 1.00. The highest BCUT2D eigenvalue weighted by Gasteiger charge is 2.63. The Bertz CT molecular complexity index is 458. The van der Waals surface area contributed by atoms with Crippen LogP contribution in [0.5, 0.6) is 0 Å². The third-order valence-corrected chi connectivity index (χ3v) is 9.75. The molecule has 4 rings (SSSR count). The highest BCUT2D eigenvalue weighted by atomic mass is 35.5. The maximum atomic E-state index is 7.10. The number of hydrogen-bond donors (Lipinski definition) is 0. The van der Waals surface area contributed by atoms with E-state index in [0.717, 1.165) is 11.8 Å². The van der Waals surface area contributed by atoms with E-state index < -0.39 is 10.1 Å². The van der Waals surface area contributed by atoms with Crippen LogP contribution < -0.4 is 0 Å². The molecule has 0 aromatic carbocycles. The number of hydrogen-bond acceptors (Lipinski definition) is 1. The molecule has 4 aliphatic rings. The minimum Gasteiger partial charge on any atom is -0.338 e. The van der Waals surface area contributed by atoms with Gasteiger partial charge in [-0.1, -0.05) is 49.9 Å². The first-order valence-electron chi connectivity index (χ1n) is 9.65. The van der Waals surface area contributed by atoms with Crippen molar-refractivity contribution in [2.24, 2.45) is 34.5 Å². The van der Waals surface area contributed by atoms with Crippen molar-refractivity contribution in [2.45, 2.75) is 89.2 Å². The van der Waals surface area contributed by atoms with Crippen LogP contribution in [-0.2, 0) is 4.74 Å². The second-order valence-corrected chi connectivity index (χ2v) is 11.4. The topological polar surface area (TPSA) is 9.23 Å². The summed E-state index contributed by atoms with van der Waals surface area (Å²) in [4.78, 5) is 0. The van der Waals surface area contributed by atoms with Gasteiger partial charge in [-0.3, -0.25) is 0 Å². The molecule has 0 N–H and O–H groups in total. The summed E-state index contributed by atoms with van der Waals surface area (Å²) >= 11 is 14.2. The van der Waals surface area contributed by atoms with Crippen LogP contribution >= 0.6 is 23.2 Å². The van der Waals surface area contributed by atoms with Crippen LogP contribution in [0, 0.1) is 34.5 Å². The van der Waals surface area contributed by atoms with Crippen molar-refractivity contribution in [2.75, 3.05) is 0 Å². The normalized spacial score (nSPS) is 53.5. The predicted molar refractivity (Wildman–Crippen MR) is 96.7 cm³/mol. The molecule has 0 aliphatic heterocycles. The Morgan fingerprint density at radius 2 is 1.17 bits per heavy atom. The van der Waals surface area contributed by atoms with Crippen molar-refractivity contribution in [3.63, 3.8) is 0 Å². The zero-order valence-electron chi connectivity index (χ0n) is 15.1. The summed E-state index contributed by atoms with van der Waals surface area (Å²) in [6, 6.07) is 0. The lowest BCUT2D eigenvalue weighted by atomic mass is 9.69. The lowest BCUT2D eigenvalue weighted by Gasteiger charge is -2.53. The Labute approximate surface area is 151 Å². The van der Waals surface area contributed by atoms with Crippen LogP contribution in [0.3, 0.4) is 0 Å². The highest BCUT2D eigenvalue weighted by molar-refractivity contribution is 6.25. The van der Waals surface area contributed by atoms with Gasteiger partial charge in [-0.2, -0.15) is 0 Å². The quantitative estimate of drug-likeness (QED) is 0.516. The van der Waals surface area contributed by atoms with Gasteiger partial charge in [0.25, 0.3) is 0 Å². The molecule has 23 heavy (non-hydrogen) atoms. The van der Waals surface area contributed by atoms with Crippen molar-refractivity contribution < 1.29 is 4.74 Å². The second kappa shape index (κ2) is 5.04. The van der Waals surface area contributed by atoms with Crippen LogP contribution in [0.1, 0.15) is 79.1 Å². The van der Waals surface area contributed by atoms with Gasteiger partial charge >= 0.3 is 0 Å². The molecule has 4 aliphatic carbocycles. The third kappa shape index (κ3) is 2.28. The van der Waals surface area contributed by atoms with Gasteiger partial charge in [0, 0.05) is 10.8 Å². The molecule has 0 spiro atoms. The smallest absolute Gasteiger partial charge is 0.146 e. The number of alkyl halides is 2. The van der Waals surface area contributed by atoms with Crippen molar-refractivity contribution in [1.82, 2.24) is 0 Å². The third-order valence-electron chi connectivity index (χ3n) is 8.73. The molecular weight excluding hydrogens is 327 g/mol. The minimum absolute atomic E-state index is 0.0571. The fourth-order valence-electron chi connectivity index (χ4n) is 6.90. The Hall–Kier alpha value is 0.540. The Kier molecular flexibility index (Phi) is 3.72. The Morgan fingerprint density at radius 3 is 1.43 bits per heavy atom. The zero-order valence-corrected chi connectivity index (χ0v) is 16.6. The van der Waals surface area contributed by atoms with Crippen LogP contribution in [-0.4, -0.2) is 10.1 Å². The molecular formula is C20H32Cl2O. The van der Waals surface area contributed by atoms with Crippen molar-refractivity contribution >= 4 is 23.2 Å². The molecule has 0 saturated heterocycles. The van der Waals surface area contributed by atoms with E-state index in [-0.39, 0.29) is 10.8 Å². The molecule has 0 radical (unpaired) electrons. The molecule has 4 bridgehead atoms. The zero-order chi connectivity index (χ0) is 16.7. The SMILES string of the molecule is CC(Cl)(OC(C)(Cl)C1(C)CC2CCC1C2)C1(C)CC2CCC1C2. The van der Waals surface area contributed by atoms with Gasteiger partial charge in [0.05, 0.1) is 0 Å². The molecule has 132 valence electrons. The number of fused-ring (bicyclic) bond motifs is 4. The molecule has 4 fully saturated rings. The maximum Gasteiger partial charge on any atom is 0.146 e. The van der Waals surface area contributed by atoms with E-state index in [1.54, 1.807) is 0 Å². The van der Waals surface area contributed by atoms with Gasteiger partial charge in [-0.05, 0) is 76.0 Å². The summed E-state index contributed by atoms with van der Waals surface area (Å²) in [7, 11) is 0. The van der Waals surface area contributed by atoms with E-state index in [0.29, 0.717) is 11.8 Å². The highest BCUT2D eigenvalue weighted by Crippen LogP contribution is 2.66. The summed E-state index contributed by atoms with van der Waals surface area (Å²) in [6.07, 6.45) is 10.5. The second-order valence-electron chi connectivity index (χ2n) is 9.93. The largest absolute Gasteiger partial charge is 0.338 e. The molecule has 1 nitrogen and oxygen atoms in total. The molecule has 0 amide bonds. The molecule has 3 heteroatoms. The fourth-order valence-corrected chi connectivity index (χ4v) is 7.71. The van der Waals surface area contributed by atoms with E-state index in [1.807, 2.05) is 0 Å². The van der Waals surface area contributed by atoms with Gasteiger partial charge in [0.2, 0.25) is 0 Å². The molecule has 0 aromatic rings. The van der Waals surface area contributed by atoms with Crippen LogP contribution in [0.15, 0.2) is 0 Å². The van der Waals surface area contributed by atoms with Crippen molar-refractivity contribution in [3.8, 4) is 0 Å². The summed E-state index contributed by atoms with van der Waals surface area (Å²) in [5.74, 6) is 3.11. The molecule has 4 saturated carbocycles. The van der Waals surface area contributed by atoms with Crippen LogP contribution in [0.2, 0.25) is 0 Å². The monoisotopic (exact) mass is 358 g/mol. The molecule has 0 heterocycles. The average Bonchev–Trinajstić information content (AvgIpc) is 3.15. The van der Waals surface area contributed by atoms with Crippen molar-refractivity contribution in [1.29, 1.82) is 0 Å². The van der Waals surface area contributed by atoms with E-state index in [4.69, 9.17) is 27.9 Å². The van der Waals surface area contributed by atoms with E-state index in [9.17, 15) is 0 Å². The first-order valence-corrected chi connectivity index (χ1v) is 10.4. The van der Waals surface area contributed by atoms with Crippen LogP contribution in [0.4, 0.5) is 0 Å². The predicted octanol–water partition coefficient (Wildman–Crippen LogP) is 6.57. The van der Waals surface area contributed by atoms with Gasteiger partial charge in [-0.25, -0.2) is 0 Å². The first kappa shape index (κ1) is 17.0. The lowest BCUT2D eigenvalue weighted by molar-refractivity contribution is -0.178. The van der Waals surface area contributed by atoms with Gasteiger partial charge < -0.3 is 4.74 Å². The van der Waals surface area contributed by atoms with Crippen molar-refractivity contribution in [3.05, 3.63) is 0 Å². The Balaban J connectivity index is 1.56. The molecule has 8 unspecified atom stereocenters. The number of rotatable bonds is 4. The van der Waals surface area contributed by atoms with E-state index >= 15 is 0 Å². The summed E-state index contributed by atoms with van der Waals surface area (Å²) in [5.41, 5.74) is 0.114. The summed E-state index contributed by atoms with van der Waals surface area (Å²) < 4.78 is 6.64. The molecule has 0 aromatic heterocycles. The van der Waals surface area contributed by atoms with E-state index in [2.05, 4.69) is 27.7 Å². The van der Waals surface area contributed by atoms with Gasteiger partial charge in [-0.15, -0.1) is 0 Å². The summed E-state index contributed by atoms with van der Waals surface area (Å²) in [5, 5.41) is -1.34. The first-order chi connectivity index (χ1) is 10.6. The van der Waals surface area contributed by atoms with Crippen LogP contribution in [0.25, 0.3) is 0 Å². The molecule has 8 atom stereocenters. The number of halogens is 2. The Morgan fingerprint density at radius 1 is 0.783 bits per heavy atom. The van der Waals surface area contributed by atoms with Gasteiger partial charge in [0.15, 0.2) is 0 Å². The minimum atomic E-state index is -0.672. The lowest BCUT2D eigenvalue weighted by Crippen LogP contribution is -2.54. The van der Waals surface area contributed by atoms with Gasteiger partial charge in [0.1, 0.15) is 10.1 Å². The standard InChI is InChI=1S/C20H32Cl2O/c1-17(11-13-5-7-15(17)9-13)19(3,21)23-20(4,22)18(2)12-14-6-8-16(18)10-14/h13-16H,5-12H2,1-4H3. The summed E-state index contributed by atoms with van der Waals surface area (Å²) in [6.45, 7) is 8.87. The van der Waals surface area contributed by atoms with E-state index in [1.165, 1.54) is 51.4 Å². The maximum absolute atomic E-state index is 7.10. The average molecular weight is 359 g/mol.